The van der Waals surface area contributed by atoms with Crippen molar-refractivity contribution in [1.82, 2.24) is 5.32 Å². The highest BCUT2D eigenvalue weighted by molar-refractivity contribution is 9.10. The van der Waals surface area contributed by atoms with Crippen LogP contribution in [0.5, 0.6) is 0 Å². The molecule has 22 heavy (non-hydrogen) atoms. The van der Waals surface area contributed by atoms with Crippen LogP contribution in [0.1, 0.15) is 32.3 Å². The predicted molar refractivity (Wildman–Crippen MR) is 85.7 cm³/mol. The van der Waals surface area contributed by atoms with E-state index in [-0.39, 0.29) is 11.3 Å². The minimum atomic E-state index is -1.01. The standard InChI is InChI=1S/C16H20BrNO4/c1-16(2,10-4-3-5-11(17)8-10)9-18-14(19)12-6-7-13(22-12)15(20)21/h3-5,8,12-13H,6-7,9H2,1-2H3,(H,18,19)(H,20,21)/t12-,13+/m0/s1. The van der Waals surface area contributed by atoms with Crippen molar-refractivity contribution < 1.29 is 19.4 Å². The van der Waals surface area contributed by atoms with E-state index < -0.39 is 18.2 Å². The molecule has 0 bridgehead atoms. The summed E-state index contributed by atoms with van der Waals surface area (Å²) in [4.78, 5) is 23.0. The summed E-state index contributed by atoms with van der Waals surface area (Å²) in [6, 6.07) is 7.96. The minimum absolute atomic E-state index is 0.232. The summed E-state index contributed by atoms with van der Waals surface area (Å²) in [7, 11) is 0. The summed E-state index contributed by atoms with van der Waals surface area (Å²) >= 11 is 3.45. The second-order valence-corrected chi connectivity index (χ2v) is 7.06. The number of ether oxygens (including phenoxy) is 1. The third kappa shape index (κ3) is 4.08. The Morgan fingerprint density at radius 2 is 2.05 bits per heavy atom. The summed E-state index contributed by atoms with van der Waals surface area (Å²) in [5.74, 6) is -1.25. The fourth-order valence-electron chi connectivity index (χ4n) is 2.45. The molecule has 1 aliphatic rings. The number of carboxylic acids is 1. The fourth-order valence-corrected chi connectivity index (χ4v) is 2.84. The van der Waals surface area contributed by atoms with Gasteiger partial charge in [-0.3, -0.25) is 4.79 Å². The van der Waals surface area contributed by atoms with Gasteiger partial charge < -0.3 is 15.2 Å². The minimum Gasteiger partial charge on any atom is -0.479 e. The first-order valence-electron chi connectivity index (χ1n) is 7.21. The van der Waals surface area contributed by atoms with Crippen molar-refractivity contribution in [2.24, 2.45) is 0 Å². The van der Waals surface area contributed by atoms with E-state index in [1.54, 1.807) is 0 Å². The molecular weight excluding hydrogens is 350 g/mol. The molecule has 1 fully saturated rings. The Morgan fingerprint density at radius 1 is 1.36 bits per heavy atom. The molecule has 0 aromatic heterocycles. The summed E-state index contributed by atoms with van der Waals surface area (Å²) in [6.07, 6.45) is -0.712. The van der Waals surface area contributed by atoms with Crippen molar-refractivity contribution in [1.29, 1.82) is 0 Å². The molecule has 0 aliphatic carbocycles. The highest BCUT2D eigenvalue weighted by Gasteiger charge is 2.35. The molecule has 1 aromatic carbocycles. The highest BCUT2D eigenvalue weighted by Crippen LogP contribution is 2.25. The van der Waals surface area contributed by atoms with Crippen LogP contribution in [0.3, 0.4) is 0 Å². The number of carbonyl (C=O) groups is 2. The van der Waals surface area contributed by atoms with Crippen LogP contribution in [0.2, 0.25) is 0 Å². The van der Waals surface area contributed by atoms with Gasteiger partial charge in [0.2, 0.25) is 5.91 Å². The van der Waals surface area contributed by atoms with E-state index in [2.05, 4.69) is 21.2 Å². The number of aliphatic carboxylic acids is 1. The lowest BCUT2D eigenvalue weighted by molar-refractivity contribution is -0.151. The first kappa shape index (κ1) is 17.0. The van der Waals surface area contributed by atoms with Crippen LogP contribution >= 0.6 is 15.9 Å². The lowest BCUT2D eigenvalue weighted by Gasteiger charge is -2.26. The largest absolute Gasteiger partial charge is 0.479 e. The second-order valence-electron chi connectivity index (χ2n) is 6.14. The van der Waals surface area contributed by atoms with Gasteiger partial charge in [0, 0.05) is 16.4 Å². The molecule has 1 heterocycles. The normalized spacial score (nSPS) is 21.6. The van der Waals surface area contributed by atoms with Crippen molar-refractivity contribution in [2.45, 2.75) is 44.3 Å². The average Bonchev–Trinajstić information content (AvgIpc) is 2.95. The molecule has 0 unspecified atom stereocenters. The van der Waals surface area contributed by atoms with Crippen LogP contribution in [0.25, 0.3) is 0 Å². The maximum Gasteiger partial charge on any atom is 0.332 e. The molecule has 1 saturated heterocycles. The van der Waals surface area contributed by atoms with Crippen LogP contribution in [-0.4, -0.2) is 35.7 Å². The van der Waals surface area contributed by atoms with E-state index in [1.807, 2.05) is 38.1 Å². The zero-order chi connectivity index (χ0) is 16.3. The number of carbonyl (C=O) groups excluding carboxylic acids is 1. The second kappa shape index (κ2) is 6.79. The summed E-state index contributed by atoms with van der Waals surface area (Å²) in [6.45, 7) is 4.55. The van der Waals surface area contributed by atoms with Gasteiger partial charge in [-0.15, -0.1) is 0 Å². The van der Waals surface area contributed by atoms with Gasteiger partial charge in [0.15, 0.2) is 6.10 Å². The average molecular weight is 370 g/mol. The summed E-state index contributed by atoms with van der Waals surface area (Å²) in [5, 5.41) is 11.8. The first-order valence-corrected chi connectivity index (χ1v) is 8.01. The van der Waals surface area contributed by atoms with E-state index in [0.29, 0.717) is 19.4 Å². The van der Waals surface area contributed by atoms with Gasteiger partial charge >= 0.3 is 5.97 Å². The number of halogens is 1. The topological polar surface area (TPSA) is 75.6 Å². The Kier molecular flexibility index (Phi) is 5.24. The number of rotatable bonds is 5. The first-order chi connectivity index (χ1) is 10.3. The summed E-state index contributed by atoms with van der Waals surface area (Å²) < 4.78 is 6.25. The van der Waals surface area contributed by atoms with Gasteiger partial charge in [0.05, 0.1) is 0 Å². The third-order valence-electron chi connectivity index (χ3n) is 3.90. The maximum absolute atomic E-state index is 12.1. The molecule has 120 valence electrons. The SMILES string of the molecule is CC(C)(CNC(=O)[C@@H]1CC[C@H](C(=O)O)O1)c1cccc(Br)c1. The van der Waals surface area contributed by atoms with Gasteiger partial charge in [-0.1, -0.05) is 41.9 Å². The van der Waals surface area contributed by atoms with Crippen molar-refractivity contribution in [3.63, 3.8) is 0 Å². The number of nitrogens with one attached hydrogen (secondary N) is 1. The van der Waals surface area contributed by atoms with Crippen LogP contribution in [0.4, 0.5) is 0 Å². The molecule has 1 aromatic rings. The van der Waals surface area contributed by atoms with E-state index in [0.717, 1.165) is 10.0 Å². The number of amides is 1. The zero-order valence-corrected chi connectivity index (χ0v) is 14.2. The third-order valence-corrected chi connectivity index (χ3v) is 4.39. The van der Waals surface area contributed by atoms with Crippen LogP contribution in [0.15, 0.2) is 28.7 Å². The predicted octanol–water partition coefficient (Wildman–Crippen LogP) is 2.48. The van der Waals surface area contributed by atoms with Crippen molar-refractivity contribution in [2.75, 3.05) is 6.54 Å². The Bertz CT molecular complexity index is 573. The van der Waals surface area contributed by atoms with Gasteiger partial charge in [0.1, 0.15) is 6.10 Å². The van der Waals surface area contributed by atoms with E-state index >= 15 is 0 Å². The Balaban J connectivity index is 1.92. The quantitative estimate of drug-likeness (QED) is 0.835. The van der Waals surface area contributed by atoms with Gasteiger partial charge in [-0.25, -0.2) is 4.79 Å². The Morgan fingerprint density at radius 3 is 2.64 bits per heavy atom. The van der Waals surface area contributed by atoms with E-state index in [4.69, 9.17) is 9.84 Å². The molecule has 0 radical (unpaired) electrons. The molecule has 1 amide bonds. The molecule has 2 N–H and O–H groups in total. The monoisotopic (exact) mass is 369 g/mol. The number of benzene rings is 1. The Labute approximate surface area is 138 Å². The molecular formula is C16H20BrNO4. The molecule has 0 spiro atoms. The highest BCUT2D eigenvalue weighted by atomic mass is 79.9. The number of carboxylic acid groups (broad SMARTS) is 1. The zero-order valence-electron chi connectivity index (χ0n) is 12.6. The summed E-state index contributed by atoms with van der Waals surface area (Å²) in [5.41, 5.74) is 0.877. The molecule has 2 rings (SSSR count). The van der Waals surface area contributed by atoms with Gasteiger partial charge in [0.25, 0.3) is 0 Å². The van der Waals surface area contributed by atoms with Gasteiger partial charge in [-0.2, -0.15) is 0 Å². The molecule has 5 nitrogen and oxygen atoms in total. The lowest BCUT2D eigenvalue weighted by Crippen LogP contribution is -2.42. The van der Waals surface area contributed by atoms with Crippen molar-refractivity contribution >= 4 is 27.8 Å². The van der Waals surface area contributed by atoms with Crippen LogP contribution in [0, 0.1) is 0 Å². The molecule has 2 atom stereocenters. The van der Waals surface area contributed by atoms with Crippen LogP contribution in [-0.2, 0) is 19.7 Å². The molecule has 1 aliphatic heterocycles. The number of hydrogen-bond acceptors (Lipinski definition) is 3. The lowest BCUT2D eigenvalue weighted by atomic mass is 9.84. The molecule has 6 heteroatoms. The van der Waals surface area contributed by atoms with Crippen molar-refractivity contribution in [3.05, 3.63) is 34.3 Å². The van der Waals surface area contributed by atoms with E-state index in [1.165, 1.54) is 0 Å². The fraction of sp³-hybridized carbons (Fsp3) is 0.500. The van der Waals surface area contributed by atoms with Gasteiger partial charge in [-0.05, 0) is 30.5 Å². The van der Waals surface area contributed by atoms with Crippen molar-refractivity contribution in [3.8, 4) is 0 Å². The van der Waals surface area contributed by atoms with E-state index in [9.17, 15) is 9.59 Å². The molecule has 0 saturated carbocycles. The van der Waals surface area contributed by atoms with Crippen LogP contribution < -0.4 is 5.32 Å². The maximum atomic E-state index is 12.1. The smallest absolute Gasteiger partial charge is 0.332 e. The Hall–Kier alpha value is -1.40. The number of hydrogen-bond donors (Lipinski definition) is 2.